The van der Waals surface area contributed by atoms with Gasteiger partial charge in [0.15, 0.2) is 0 Å². The number of carbonyl (C=O) groups excluding carboxylic acids is 1. The fourth-order valence-electron chi connectivity index (χ4n) is 3.30. The van der Waals surface area contributed by atoms with Crippen molar-refractivity contribution >= 4 is 21.6 Å². The normalized spacial score (nSPS) is 15.1. The Bertz CT molecular complexity index is 1060. The fraction of sp³-hybridized carbons (Fsp3) is 0.400. The lowest BCUT2D eigenvalue weighted by molar-refractivity contribution is -0.116. The van der Waals surface area contributed by atoms with E-state index in [0.717, 1.165) is 29.4 Å². The van der Waals surface area contributed by atoms with E-state index < -0.39 is 21.5 Å². The third kappa shape index (κ3) is 4.86. The van der Waals surface area contributed by atoms with E-state index in [1.165, 1.54) is 29.7 Å². The summed E-state index contributed by atoms with van der Waals surface area (Å²) in [5.41, 5.74) is 0.976. The van der Waals surface area contributed by atoms with Crippen LogP contribution in [0.1, 0.15) is 24.8 Å². The van der Waals surface area contributed by atoms with Gasteiger partial charge < -0.3 is 14.6 Å². The van der Waals surface area contributed by atoms with Gasteiger partial charge in [-0.3, -0.25) is 9.59 Å². The summed E-state index contributed by atoms with van der Waals surface area (Å²) in [5.74, 6) is 0.0428. The predicted octanol–water partition coefficient (Wildman–Crippen LogP) is 1.98. The van der Waals surface area contributed by atoms with Gasteiger partial charge in [0.2, 0.25) is 15.9 Å². The maximum atomic E-state index is 12.8. The molecule has 0 radical (unpaired) electrons. The van der Waals surface area contributed by atoms with Gasteiger partial charge in [-0.05, 0) is 43.5 Å². The van der Waals surface area contributed by atoms with Crippen LogP contribution >= 0.6 is 0 Å². The first-order chi connectivity index (χ1) is 13.8. The van der Waals surface area contributed by atoms with Crippen LogP contribution in [0.15, 0.2) is 46.2 Å². The summed E-state index contributed by atoms with van der Waals surface area (Å²) in [5, 5.41) is 2.72. The van der Waals surface area contributed by atoms with Gasteiger partial charge in [0.05, 0.1) is 17.7 Å². The Morgan fingerprint density at radius 3 is 2.55 bits per heavy atom. The first-order valence-electron chi connectivity index (χ1n) is 9.46. The summed E-state index contributed by atoms with van der Waals surface area (Å²) in [4.78, 5) is 24.7. The average Bonchev–Trinajstić information content (AvgIpc) is 2.70. The zero-order valence-electron chi connectivity index (χ0n) is 16.6. The number of hydrogen-bond donors (Lipinski definition) is 1. The van der Waals surface area contributed by atoms with Crippen LogP contribution in [0.5, 0.6) is 5.75 Å². The Kier molecular flexibility index (Phi) is 6.39. The minimum absolute atomic E-state index is 0.0138. The minimum atomic E-state index is -3.69. The number of pyridine rings is 1. The molecule has 0 spiro atoms. The third-order valence-electron chi connectivity index (χ3n) is 4.85. The molecule has 1 aliphatic rings. The highest BCUT2D eigenvalue weighted by Gasteiger charge is 2.26. The first-order valence-corrected chi connectivity index (χ1v) is 10.9. The van der Waals surface area contributed by atoms with Crippen LogP contribution in [0.3, 0.4) is 0 Å². The summed E-state index contributed by atoms with van der Waals surface area (Å²) in [7, 11) is -2.19. The monoisotopic (exact) mass is 419 g/mol. The van der Waals surface area contributed by atoms with Crippen molar-refractivity contribution in [1.29, 1.82) is 0 Å². The highest BCUT2D eigenvalue weighted by atomic mass is 32.2. The largest absolute Gasteiger partial charge is 0.495 e. The van der Waals surface area contributed by atoms with Crippen molar-refractivity contribution in [2.24, 2.45) is 0 Å². The number of anilines is 1. The number of sulfonamides is 1. The van der Waals surface area contributed by atoms with Gasteiger partial charge in [-0.2, -0.15) is 4.31 Å². The van der Waals surface area contributed by atoms with E-state index in [1.54, 1.807) is 12.1 Å². The number of piperidine rings is 1. The minimum Gasteiger partial charge on any atom is -0.495 e. The van der Waals surface area contributed by atoms with E-state index in [9.17, 15) is 18.0 Å². The topological polar surface area (TPSA) is 97.7 Å². The van der Waals surface area contributed by atoms with E-state index in [-0.39, 0.29) is 11.4 Å². The predicted molar refractivity (Wildman–Crippen MR) is 110 cm³/mol. The second kappa shape index (κ2) is 8.79. The van der Waals surface area contributed by atoms with E-state index >= 15 is 0 Å². The van der Waals surface area contributed by atoms with Crippen LogP contribution in [0.2, 0.25) is 0 Å². The van der Waals surface area contributed by atoms with Gasteiger partial charge in [-0.1, -0.05) is 12.5 Å². The molecule has 0 bridgehead atoms. The van der Waals surface area contributed by atoms with E-state index in [2.05, 4.69) is 5.32 Å². The number of benzene rings is 1. The molecule has 0 aliphatic carbocycles. The van der Waals surface area contributed by atoms with Crippen LogP contribution in [0, 0.1) is 6.92 Å². The highest BCUT2D eigenvalue weighted by molar-refractivity contribution is 7.89. The van der Waals surface area contributed by atoms with Crippen molar-refractivity contribution in [3.05, 3.63) is 52.4 Å². The van der Waals surface area contributed by atoms with Crippen molar-refractivity contribution in [1.82, 2.24) is 8.87 Å². The van der Waals surface area contributed by atoms with E-state index in [0.29, 0.717) is 24.5 Å². The Hall–Kier alpha value is -2.65. The summed E-state index contributed by atoms with van der Waals surface area (Å²) in [6, 6.07) is 7.83. The van der Waals surface area contributed by atoms with Gasteiger partial charge in [0.1, 0.15) is 12.3 Å². The molecule has 2 heterocycles. The van der Waals surface area contributed by atoms with Gasteiger partial charge in [-0.25, -0.2) is 8.42 Å². The number of nitrogens with zero attached hydrogens (tertiary/aromatic N) is 2. The van der Waals surface area contributed by atoms with Crippen LogP contribution < -0.4 is 15.6 Å². The Labute approximate surface area is 170 Å². The number of nitrogens with one attached hydrogen (secondary N) is 1. The molecule has 29 heavy (non-hydrogen) atoms. The third-order valence-corrected chi connectivity index (χ3v) is 6.73. The molecule has 1 aliphatic heterocycles. The first kappa shape index (κ1) is 21.1. The van der Waals surface area contributed by atoms with Crippen LogP contribution in [0.4, 0.5) is 5.69 Å². The van der Waals surface area contributed by atoms with Crippen LogP contribution in [0.25, 0.3) is 0 Å². The molecule has 3 rings (SSSR count). The lowest BCUT2D eigenvalue weighted by Gasteiger charge is -2.26. The fourth-order valence-corrected chi connectivity index (χ4v) is 4.84. The van der Waals surface area contributed by atoms with E-state index in [4.69, 9.17) is 4.74 Å². The number of aromatic nitrogens is 1. The van der Waals surface area contributed by atoms with Crippen LogP contribution in [-0.2, 0) is 21.4 Å². The summed E-state index contributed by atoms with van der Waals surface area (Å²) in [6.07, 6.45) is 3.88. The van der Waals surface area contributed by atoms with E-state index in [1.807, 2.05) is 13.0 Å². The van der Waals surface area contributed by atoms with Gasteiger partial charge in [0, 0.05) is 25.4 Å². The number of carbonyl (C=O) groups is 1. The zero-order valence-corrected chi connectivity index (χ0v) is 17.4. The van der Waals surface area contributed by atoms with Crippen molar-refractivity contribution < 1.29 is 17.9 Å². The molecule has 1 amide bonds. The molecular weight excluding hydrogens is 394 g/mol. The number of aryl methyl sites for hydroxylation is 1. The summed E-state index contributed by atoms with van der Waals surface area (Å²) in [6.45, 7) is 2.51. The maximum absolute atomic E-state index is 12.8. The van der Waals surface area contributed by atoms with Crippen molar-refractivity contribution in [3.63, 3.8) is 0 Å². The van der Waals surface area contributed by atoms with Crippen LogP contribution in [-0.4, -0.2) is 43.4 Å². The van der Waals surface area contributed by atoms with Gasteiger partial charge in [-0.15, -0.1) is 0 Å². The number of rotatable bonds is 6. The number of ether oxygens (including phenoxy) is 1. The second-order valence-corrected chi connectivity index (χ2v) is 8.99. The Morgan fingerprint density at radius 2 is 1.86 bits per heavy atom. The van der Waals surface area contributed by atoms with Crippen molar-refractivity contribution in [2.45, 2.75) is 37.6 Å². The molecule has 1 aromatic carbocycles. The molecule has 156 valence electrons. The van der Waals surface area contributed by atoms with Gasteiger partial charge in [0.25, 0.3) is 5.56 Å². The number of hydrogen-bond acceptors (Lipinski definition) is 5. The highest BCUT2D eigenvalue weighted by Crippen LogP contribution is 2.25. The summed E-state index contributed by atoms with van der Waals surface area (Å²) >= 11 is 0. The van der Waals surface area contributed by atoms with Gasteiger partial charge >= 0.3 is 0 Å². The molecule has 1 fully saturated rings. The molecule has 0 saturated carbocycles. The maximum Gasteiger partial charge on any atom is 0.251 e. The lowest BCUT2D eigenvalue weighted by Crippen LogP contribution is -2.36. The summed E-state index contributed by atoms with van der Waals surface area (Å²) < 4.78 is 33.5. The number of amides is 1. The standard InChI is InChI=1S/C20H25N3O5S/c1-15-6-8-18(28-2)17(12-15)21-19(24)14-22-13-16(7-9-20(22)25)29(26,27)23-10-4-3-5-11-23/h6-9,12-13H,3-5,10-11,14H2,1-2H3,(H,21,24). The smallest absolute Gasteiger partial charge is 0.251 e. The zero-order chi connectivity index (χ0) is 21.0. The molecule has 1 aromatic heterocycles. The van der Waals surface area contributed by atoms with Crippen molar-refractivity contribution in [2.75, 3.05) is 25.5 Å². The number of methoxy groups -OCH3 is 1. The molecule has 0 atom stereocenters. The molecule has 8 nitrogen and oxygen atoms in total. The second-order valence-electron chi connectivity index (χ2n) is 7.05. The molecule has 0 unspecified atom stereocenters. The molecular formula is C20H25N3O5S. The molecule has 9 heteroatoms. The quantitative estimate of drug-likeness (QED) is 0.772. The van der Waals surface area contributed by atoms with Crippen molar-refractivity contribution in [3.8, 4) is 5.75 Å². The molecule has 1 saturated heterocycles. The Morgan fingerprint density at radius 1 is 1.14 bits per heavy atom. The lowest BCUT2D eigenvalue weighted by atomic mass is 10.2. The average molecular weight is 420 g/mol. The SMILES string of the molecule is COc1ccc(C)cc1NC(=O)Cn1cc(S(=O)(=O)N2CCCCC2)ccc1=O. The molecule has 2 aromatic rings. The molecule has 1 N–H and O–H groups in total. The Balaban J connectivity index is 1.81.